The highest BCUT2D eigenvalue weighted by molar-refractivity contribution is 5.73. The summed E-state index contributed by atoms with van der Waals surface area (Å²) in [5.74, 6) is 0. The van der Waals surface area contributed by atoms with Crippen molar-refractivity contribution in [3.63, 3.8) is 0 Å². The number of piperidine rings is 1. The summed E-state index contributed by atoms with van der Waals surface area (Å²) in [5, 5.41) is 3.67. The quantitative estimate of drug-likeness (QED) is 0.428. The van der Waals surface area contributed by atoms with Gasteiger partial charge in [-0.2, -0.15) is 0 Å². The van der Waals surface area contributed by atoms with Crippen LogP contribution >= 0.6 is 0 Å². The van der Waals surface area contributed by atoms with Gasteiger partial charge >= 0.3 is 0 Å². The molecule has 3 heterocycles. The highest BCUT2D eigenvalue weighted by atomic mass is 15.1. The molecule has 0 bridgehead atoms. The zero-order chi connectivity index (χ0) is 24.2. The van der Waals surface area contributed by atoms with Crippen LogP contribution in [-0.2, 0) is 6.54 Å². The van der Waals surface area contributed by atoms with Gasteiger partial charge in [-0.05, 0) is 75.5 Å². The molecule has 5 heteroatoms. The third-order valence-electron chi connectivity index (χ3n) is 6.03. The molecular formula is C29H39N5. The lowest BCUT2D eigenvalue weighted by molar-refractivity contribution is 0.200. The number of fused-ring (bicyclic) bond motifs is 1. The first-order valence-electron chi connectivity index (χ1n) is 12.6. The number of nitrogens with one attached hydrogen (secondary N) is 1. The molecular weight excluding hydrogens is 418 g/mol. The Balaban J connectivity index is 0.00000158. The van der Waals surface area contributed by atoms with E-state index in [2.05, 4.69) is 64.4 Å². The molecule has 1 fully saturated rings. The van der Waals surface area contributed by atoms with Gasteiger partial charge in [0.05, 0.1) is 28.6 Å². The molecule has 0 radical (unpaired) electrons. The number of nitrogens with zero attached hydrogens (tertiary/aromatic N) is 4. The van der Waals surface area contributed by atoms with Crippen molar-refractivity contribution in [1.29, 1.82) is 0 Å². The molecule has 34 heavy (non-hydrogen) atoms. The molecule has 0 unspecified atom stereocenters. The van der Waals surface area contributed by atoms with Crippen molar-refractivity contribution in [3.05, 3.63) is 83.5 Å². The highest BCUT2D eigenvalue weighted by Crippen LogP contribution is 2.13. The van der Waals surface area contributed by atoms with Crippen LogP contribution < -0.4 is 5.32 Å². The van der Waals surface area contributed by atoms with Crippen LogP contribution in [0.1, 0.15) is 55.6 Å². The normalized spacial score (nSPS) is 15.2. The van der Waals surface area contributed by atoms with Gasteiger partial charge < -0.3 is 10.2 Å². The number of aromatic nitrogens is 3. The number of para-hydroxylation sites is 2. The van der Waals surface area contributed by atoms with E-state index in [4.69, 9.17) is 4.98 Å². The Bertz CT molecular complexity index is 1080. The lowest BCUT2D eigenvalue weighted by Gasteiger charge is -2.32. The van der Waals surface area contributed by atoms with E-state index < -0.39 is 0 Å². The number of allylic oxidation sites excluding steroid dienone is 2. The molecule has 0 spiro atoms. The fourth-order valence-corrected chi connectivity index (χ4v) is 4.17. The summed E-state index contributed by atoms with van der Waals surface area (Å²) in [7, 11) is 0. The minimum absolute atomic E-state index is 0.559. The first-order chi connectivity index (χ1) is 16.7. The minimum Gasteiger partial charge on any atom is -0.308 e. The number of pyridine rings is 1. The molecule has 0 atom stereocenters. The largest absolute Gasteiger partial charge is 0.308 e. The first-order valence-corrected chi connectivity index (χ1v) is 12.6. The predicted octanol–water partition coefficient (Wildman–Crippen LogP) is 5.88. The molecule has 4 rings (SSSR count). The fraction of sp³-hybridized carbons (Fsp3) is 0.414. The van der Waals surface area contributed by atoms with Crippen LogP contribution in [0.3, 0.4) is 0 Å². The van der Waals surface area contributed by atoms with Crippen molar-refractivity contribution in [2.24, 2.45) is 0 Å². The first kappa shape index (κ1) is 25.7. The third kappa shape index (κ3) is 7.86. The van der Waals surface area contributed by atoms with Crippen LogP contribution in [0.25, 0.3) is 17.1 Å². The Morgan fingerprint density at radius 2 is 1.76 bits per heavy atom. The van der Waals surface area contributed by atoms with E-state index in [1.54, 1.807) is 0 Å². The number of hydrogen-bond donors (Lipinski definition) is 1. The number of benzene rings is 1. The summed E-state index contributed by atoms with van der Waals surface area (Å²) < 4.78 is 0. The smallest absolute Gasteiger partial charge is 0.0890 e. The second-order valence-electron chi connectivity index (χ2n) is 8.64. The monoisotopic (exact) mass is 457 g/mol. The van der Waals surface area contributed by atoms with Crippen molar-refractivity contribution in [2.75, 3.05) is 19.6 Å². The van der Waals surface area contributed by atoms with E-state index in [0.717, 1.165) is 55.0 Å². The fourth-order valence-electron chi connectivity index (χ4n) is 4.17. The maximum Gasteiger partial charge on any atom is 0.0890 e. The van der Waals surface area contributed by atoms with Crippen LogP contribution in [0.5, 0.6) is 0 Å². The van der Waals surface area contributed by atoms with E-state index in [1.807, 2.05) is 50.5 Å². The molecule has 5 nitrogen and oxygen atoms in total. The van der Waals surface area contributed by atoms with Crippen LogP contribution in [0.2, 0.25) is 0 Å². The van der Waals surface area contributed by atoms with E-state index in [1.165, 1.54) is 24.0 Å². The molecule has 0 saturated carbocycles. The van der Waals surface area contributed by atoms with Crippen LogP contribution in [0.15, 0.2) is 61.0 Å². The van der Waals surface area contributed by atoms with Crippen molar-refractivity contribution in [2.45, 2.75) is 59.5 Å². The van der Waals surface area contributed by atoms with Gasteiger partial charge in [-0.15, -0.1) is 0 Å². The average Bonchev–Trinajstić information content (AvgIpc) is 2.87. The van der Waals surface area contributed by atoms with Crippen molar-refractivity contribution in [1.82, 2.24) is 25.2 Å². The lowest BCUT2D eigenvalue weighted by atomic mass is 10.0. The highest BCUT2D eigenvalue weighted by Gasteiger charge is 2.18. The molecule has 0 amide bonds. The molecule has 1 N–H and O–H groups in total. The van der Waals surface area contributed by atoms with Gasteiger partial charge in [0.1, 0.15) is 0 Å². The molecule has 180 valence electrons. The zero-order valence-corrected chi connectivity index (χ0v) is 21.2. The van der Waals surface area contributed by atoms with Crippen LogP contribution in [0.4, 0.5) is 0 Å². The summed E-state index contributed by atoms with van der Waals surface area (Å²) in [6, 6.07) is 10.8. The van der Waals surface area contributed by atoms with Crippen molar-refractivity contribution in [3.8, 4) is 0 Å². The third-order valence-corrected chi connectivity index (χ3v) is 6.03. The van der Waals surface area contributed by atoms with Crippen LogP contribution in [-0.4, -0.2) is 45.5 Å². The summed E-state index contributed by atoms with van der Waals surface area (Å²) in [6.45, 7) is 12.4. The molecule has 3 aromatic rings. The standard InChI is InChI=1S/C27H33N5.C2H6/c1-21-17-22(2)25(29-18-21)9-5-3-4-8-14-32-15-12-23(13-16-32)28-19-24-20-30-26-10-6-7-11-27(26)31-24;1-2/h3-7,9-11,17-18,20,23,28H,8,12-16,19H2,1-2H3;1-2H3/b4-3+,9-5-;. The molecule has 1 aliphatic rings. The Kier molecular flexibility index (Phi) is 10.4. The molecule has 1 aromatic carbocycles. The molecule has 2 aromatic heterocycles. The van der Waals surface area contributed by atoms with Gasteiger partial charge in [0.25, 0.3) is 0 Å². The summed E-state index contributed by atoms with van der Waals surface area (Å²) >= 11 is 0. The second-order valence-corrected chi connectivity index (χ2v) is 8.64. The van der Waals surface area contributed by atoms with Gasteiger partial charge in [0.15, 0.2) is 0 Å². The molecule has 1 saturated heterocycles. The van der Waals surface area contributed by atoms with Gasteiger partial charge in [0, 0.05) is 25.3 Å². The SMILES string of the molecule is CC.Cc1cnc(/C=C\C=C\CCN2CCC(NCc3cnc4ccccc4n3)CC2)c(C)c1. The topological polar surface area (TPSA) is 53.9 Å². The number of rotatable bonds is 8. The van der Waals surface area contributed by atoms with Gasteiger partial charge in [-0.1, -0.05) is 50.3 Å². The predicted molar refractivity (Wildman–Crippen MR) is 144 cm³/mol. The summed E-state index contributed by atoms with van der Waals surface area (Å²) in [6.07, 6.45) is 15.8. The van der Waals surface area contributed by atoms with Crippen molar-refractivity contribution < 1.29 is 0 Å². The number of hydrogen-bond acceptors (Lipinski definition) is 5. The number of likely N-dealkylation sites (tertiary alicyclic amines) is 1. The molecule has 1 aliphatic heterocycles. The van der Waals surface area contributed by atoms with E-state index >= 15 is 0 Å². The summed E-state index contributed by atoms with van der Waals surface area (Å²) in [4.78, 5) is 16.3. The minimum atomic E-state index is 0.559. The lowest BCUT2D eigenvalue weighted by Crippen LogP contribution is -2.42. The van der Waals surface area contributed by atoms with Gasteiger partial charge in [0.2, 0.25) is 0 Å². The average molecular weight is 458 g/mol. The van der Waals surface area contributed by atoms with Crippen molar-refractivity contribution >= 4 is 17.1 Å². The second kappa shape index (κ2) is 13.7. The number of aryl methyl sites for hydroxylation is 2. The summed E-state index contributed by atoms with van der Waals surface area (Å²) in [5.41, 5.74) is 6.41. The van der Waals surface area contributed by atoms with E-state index in [-0.39, 0.29) is 0 Å². The molecule has 0 aliphatic carbocycles. The Morgan fingerprint density at radius 1 is 1.00 bits per heavy atom. The maximum atomic E-state index is 4.71. The van der Waals surface area contributed by atoms with Gasteiger partial charge in [-0.3, -0.25) is 9.97 Å². The van der Waals surface area contributed by atoms with Gasteiger partial charge in [-0.25, -0.2) is 4.98 Å². The van der Waals surface area contributed by atoms with E-state index in [0.29, 0.717) is 6.04 Å². The van der Waals surface area contributed by atoms with Crippen LogP contribution in [0, 0.1) is 13.8 Å². The zero-order valence-electron chi connectivity index (χ0n) is 21.2. The Labute approximate surface area is 205 Å². The Morgan fingerprint density at radius 3 is 2.53 bits per heavy atom. The maximum absolute atomic E-state index is 4.71. The van der Waals surface area contributed by atoms with E-state index in [9.17, 15) is 0 Å². The Hall–Kier alpha value is -2.89.